The smallest absolute Gasteiger partial charge is 0.310 e. The van der Waals surface area contributed by atoms with Gasteiger partial charge in [-0.15, -0.1) is 0 Å². The number of nitrogens with two attached hydrogens (primary N) is 1. The van der Waals surface area contributed by atoms with Gasteiger partial charge in [-0.2, -0.15) is 0 Å². The molecule has 0 aromatic heterocycles. The van der Waals surface area contributed by atoms with Gasteiger partial charge in [-0.1, -0.05) is 17.7 Å². The molecular weight excluding hydrogens is 230 g/mol. The number of nitrogens with one attached hydrogen (secondary N) is 1. The third-order valence-electron chi connectivity index (χ3n) is 1.90. The monoisotopic (exact) mass is 243 g/mol. The summed E-state index contributed by atoms with van der Waals surface area (Å²) in [6.07, 6.45) is 0. The fraction of sp³-hybridized carbons (Fsp3) is 0.400. The van der Waals surface area contributed by atoms with E-state index in [1.54, 1.807) is 12.1 Å². The van der Waals surface area contributed by atoms with Crippen molar-refractivity contribution in [2.45, 2.75) is 19.4 Å². The summed E-state index contributed by atoms with van der Waals surface area (Å²) in [5.74, 6) is 0. The molecule has 0 aliphatic heterocycles. The van der Waals surface area contributed by atoms with Crippen LogP contribution in [0.2, 0.25) is 5.02 Å². The van der Waals surface area contributed by atoms with E-state index >= 15 is 0 Å². The molecule has 0 radical (unpaired) electrons. The Labute approximate surface area is 98.7 Å². The van der Waals surface area contributed by atoms with Crippen molar-refractivity contribution in [2.24, 2.45) is 5.73 Å². The van der Waals surface area contributed by atoms with E-state index in [4.69, 9.17) is 17.3 Å². The number of nitro groups is 1. The summed E-state index contributed by atoms with van der Waals surface area (Å²) in [6, 6.07) is 4.75. The molecule has 3 N–H and O–H groups in total. The summed E-state index contributed by atoms with van der Waals surface area (Å²) in [7, 11) is 0. The largest absolute Gasteiger partial charge is 0.378 e. The Hall–Kier alpha value is -1.33. The van der Waals surface area contributed by atoms with Gasteiger partial charge in [0.1, 0.15) is 10.7 Å². The lowest BCUT2D eigenvalue weighted by Crippen LogP contribution is -2.39. The quantitative estimate of drug-likeness (QED) is 0.629. The highest BCUT2D eigenvalue weighted by molar-refractivity contribution is 6.33. The van der Waals surface area contributed by atoms with E-state index in [9.17, 15) is 10.1 Å². The minimum atomic E-state index is -0.506. The van der Waals surface area contributed by atoms with Crippen molar-refractivity contribution in [3.05, 3.63) is 33.3 Å². The first-order valence-electron chi connectivity index (χ1n) is 4.77. The average molecular weight is 244 g/mol. The zero-order chi connectivity index (χ0) is 12.3. The lowest BCUT2D eigenvalue weighted by atomic mass is 10.1. The normalized spacial score (nSPS) is 11.2. The predicted octanol–water partition coefficient (Wildman–Crippen LogP) is 2.40. The fourth-order valence-electron chi connectivity index (χ4n) is 1.17. The van der Waals surface area contributed by atoms with Crippen LogP contribution in [0, 0.1) is 10.1 Å². The molecule has 0 saturated heterocycles. The molecule has 16 heavy (non-hydrogen) atoms. The van der Waals surface area contributed by atoms with E-state index in [1.807, 2.05) is 13.8 Å². The summed E-state index contributed by atoms with van der Waals surface area (Å²) < 4.78 is 0. The lowest BCUT2D eigenvalue weighted by Gasteiger charge is -2.19. The molecule has 0 unspecified atom stereocenters. The zero-order valence-electron chi connectivity index (χ0n) is 9.16. The van der Waals surface area contributed by atoms with Gasteiger partial charge in [0.2, 0.25) is 0 Å². The highest BCUT2D eigenvalue weighted by atomic mass is 35.5. The van der Waals surface area contributed by atoms with Crippen molar-refractivity contribution in [2.75, 3.05) is 11.9 Å². The van der Waals surface area contributed by atoms with Crippen molar-refractivity contribution in [3.8, 4) is 0 Å². The molecule has 0 fully saturated rings. The predicted molar refractivity (Wildman–Crippen MR) is 64.9 cm³/mol. The van der Waals surface area contributed by atoms with E-state index in [1.165, 1.54) is 6.07 Å². The van der Waals surface area contributed by atoms with Crippen LogP contribution in [-0.4, -0.2) is 17.0 Å². The highest BCUT2D eigenvalue weighted by Crippen LogP contribution is 2.32. The fourth-order valence-corrected chi connectivity index (χ4v) is 1.41. The zero-order valence-corrected chi connectivity index (χ0v) is 9.91. The van der Waals surface area contributed by atoms with Crippen molar-refractivity contribution >= 4 is 23.0 Å². The van der Waals surface area contributed by atoms with Gasteiger partial charge in [0, 0.05) is 12.1 Å². The van der Waals surface area contributed by atoms with Gasteiger partial charge < -0.3 is 11.1 Å². The summed E-state index contributed by atoms with van der Waals surface area (Å²) in [4.78, 5) is 10.3. The molecule has 5 nitrogen and oxygen atoms in total. The number of rotatable bonds is 4. The van der Waals surface area contributed by atoms with Gasteiger partial charge in [0.15, 0.2) is 0 Å². The minimum absolute atomic E-state index is 0.116. The van der Waals surface area contributed by atoms with E-state index in [-0.39, 0.29) is 10.7 Å². The first kappa shape index (κ1) is 12.7. The van der Waals surface area contributed by atoms with Gasteiger partial charge in [0.25, 0.3) is 0 Å². The van der Waals surface area contributed by atoms with Crippen LogP contribution in [0.4, 0.5) is 11.4 Å². The maximum atomic E-state index is 10.8. The van der Waals surface area contributed by atoms with Crippen LogP contribution in [0.15, 0.2) is 18.2 Å². The molecule has 0 saturated carbocycles. The number of hydrogen-bond donors (Lipinski definition) is 2. The maximum absolute atomic E-state index is 10.8. The Morgan fingerprint density at radius 2 is 2.19 bits per heavy atom. The number of hydrogen-bond acceptors (Lipinski definition) is 4. The SMILES string of the molecule is CC(C)(N)CNc1cccc(Cl)c1[N+](=O)[O-]. The molecule has 0 atom stereocenters. The van der Waals surface area contributed by atoms with Crippen molar-refractivity contribution in [1.82, 2.24) is 0 Å². The lowest BCUT2D eigenvalue weighted by molar-refractivity contribution is -0.383. The Kier molecular flexibility index (Phi) is 3.72. The van der Waals surface area contributed by atoms with Crippen LogP contribution >= 0.6 is 11.6 Å². The maximum Gasteiger partial charge on any atom is 0.310 e. The number of anilines is 1. The summed E-state index contributed by atoms with van der Waals surface area (Å²) >= 11 is 5.76. The second kappa shape index (κ2) is 4.67. The minimum Gasteiger partial charge on any atom is -0.378 e. The molecule has 0 bridgehead atoms. The van der Waals surface area contributed by atoms with Crippen LogP contribution in [0.25, 0.3) is 0 Å². The number of para-hydroxylation sites is 1. The molecule has 0 heterocycles. The van der Waals surface area contributed by atoms with Crippen LogP contribution in [0.3, 0.4) is 0 Å². The van der Waals surface area contributed by atoms with Crippen LogP contribution in [0.5, 0.6) is 0 Å². The van der Waals surface area contributed by atoms with Gasteiger partial charge >= 0.3 is 5.69 Å². The number of nitro benzene ring substituents is 1. The van der Waals surface area contributed by atoms with Gasteiger partial charge in [-0.3, -0.25) is 10.1 Å². The summed E-state index contributed by atoms with van der Waals surface area (Å²) in [5, 5.41) is 13.9. The van der Waals surface area contributed by atoms with E-state index in [2.05, 4.69) is 5.32 Å². The summed E-state index contributed by atoms with van der Waals surface area (Å²) in [6.45, 7) is 4.08. The molecule has 1 aromatic rings. The molecule has 0 aliphatic carbocycles. The van der Waals surface area contributed by atoms with Crippen molar-refractivity contribution in [3.63, 3.8) is 0 Å². The third kappa shape index (κ3) is 3.36. The van der Waals surface area contributed by atoms with Crippen LogP contribution < -0.4 is 11.1 Å². The van der Waals surface area contributed by atoms with Crippen molar-refractivity contribution in [1.29, 1.82) is 0 Å². The van der Waals surface area contributed by atoms with Crippen LogP contribution in [-0.2, 0) is 0 Å². The van der Waals surface area contributed by atoms with Gasteiger partial charge in [0.05, 0.1) is 4.92 Å². The van der Waals surface area contributed by atoms with Crippen molar-refractivity contribution < 1.29 is 4.92 Å². The molecule has 88 valence electrons. The molecule has 0 aliphatic rings. The third-order valence-corrected chi connectivity index (χ3v) is 2.21. The Morgan fingerprint density at radius 1 is 1.56 bits per heavy atom. The first-order valence-corrected chi connectivity index (χ1v) is 5.15. The molecule has 1 aromatic carbocycles. The Bertz CT molecular complexity index is 402. The molecular formula is C10H14ClN3O2. The average Bonchev–Trinajstić information content (AvgIpc) is 2.12. The standard InChI is InChI=1S/C10H14ClN3O2/c1-10(2,12)6-13-8-5-3-4-7(11)9(8)14(15)16/h3-5,13H,6,12H2,1-2H3. The van der Waals surface area contributed by atoms with E-state index < -0.39 is 10.5 Å². The second-order valence-corrected chi connectivity index (χ2v) is 4.64. The molecule has 1 rings (SSSR count). The molecule has 0 spiro atoms. The topological polar surface area (TPSA) is 81.2 Å². The number of benzene rings is 1. The Morgan fingerprint density at radius 3 is 2.69 bits per heavy atom. The Balaban J connectivity index is 2.96. The second-order valence-electron chi connectivity index (χ2n) is 4.24. The van der Waals surface area contributed by atoms with E-state index in [0.29, 0.717) is 12.2 Å². The van der Waals surface area contributed by atoms with Gasteiger partial charge in [-0.25, -0.2) is 0 Å². The number of halogens is 1. The van der Waals surface area contributed by atoms with Gasteiger partial charge in [-0.05, 0) is 26.0 Å². The van der Waals surface area contributed by atoms with Crippen LogP contribution in [0.1, 0.15) is 13.8 Å². The highest BCUT2D eigenvalue weighted by Gasteiger charge is 2.19. The first-order chi connectivity index (χ1) is 7.31. The summed E-state index contributed by atoms with van der Waals surface area (Å²) in [5.41, 5.74) is 5.60. The molecule has 6 heteroatoms. The van der Waals surface area contributed by atoms with E-state index in [0.717, 1.165) is 0 Å². The molecule has 0 amide bonds. The number of nitrogens with zero attached hydrogens (tertiary/aromatic N) is 1.